The highest BCUT2D eigenvalue weighted by molar-refractivity contribution is 5.93. The Kier molecular flexibility index (Phi) is 8.91. The fourth-order valence-electron chi connectivity index (χ4n) is 3.20. The van der Waals surface area contributed by atoms with E-state index >= 15 is 0 Å². The Morgan fingerprint density at radius 1 is 0.765 bits per heavy atom. The summed E-state index contributed by atoms with van der Waals surface area (Å²) in [6, 6.07) is 12.4. The normalized spacial score (nSPS) is 10.7. The van der Waals surface area contributed by atoms with Crippen LogP contribution in [0.25, 0.3) is 12.2 Å². The van der Waals surface area contributed by atoms with Gasteiger partial charge in [-0.2, -0.15) is 0 Å². The summed E-state index contributed by atoms with van der Waals surface area (Å²) < 4.78 is 28.2. The lowest BCUT2D eigenvalue weighted by atomic mass is 10.1. The second-order valence-corrected chi connectivity index (χ2v) is 7.01. The van der Waals surface area contributed by atoms with Crippen molar-refractivity contribution in [1.29, 1.82) is 0 Å². The van der Waals surface area contributed by atoms with Crippen LogP contribution in [-0.4, -0.2) is 37.9 Å². The van der Waals surface area contributed by atoms with Crippen molar-refractivity contribution in [2.24, 2.45) is 0 Å². The van der Waals surface area contributed by atoms with E-state index in [4.69, 9.17) is 23.7 Å². The first-order chi connectivity index (χ1) is 16.6. The van der Waals surface area contributed by atoms with Gasteiger partial charge in [-0.25, -0.2) is 4.79 Å². The number of nitrogens with zero attached hydrogens (tertiary/aromatic N) is 1. The third-order valence-corrected chi connectivity index (χ3v) is 4.71. The zero-order valence-electron chi connectivity index (χ0n) is 19.9. The monoisotopic (exact) mass is 463 g/mol. The van der Waals surface area contributed by atoms with Gasteiger partial charge in [0.05, 0.1) is 32.5 Å². The van der Waals surface area contributed by atoms with Crippen LogP contribution in [0.15, 0.2) is 54.9 Å². The number of benzene rings is 2. The lowest BCUT2D eigenvalue weighted by molar-refractivity contribution is 0.0728. The van der Waals surface area contributed by atoms with Crippen LogP contribution in [0.2, 0.25) is 0 Å². The fraction of sp³-hybridized carbons (Fsp3) is 0.259. The molecule has 3 rings (SSSR count). The van der Waals surface area contributed by atoms with Crippen molar-refractivity contribution in [3.63, 3.8) is 0 Å². The van der Waals surface area contributed by atoms with Gasteiger partial charge in [0, 0.05) is 12.4 Å². The van der Waals surface area contributed by atoms with Gasteiger partial charge >= 0.3 is 5.97 Å². The van der Waals surface area contributed by atoms with Gasteiger partial charge in [0.25, 0.3) is 0 Å². The molecule has 0 aliphatic carbocycles. The molecule has 0 radical (unpaired) electrons. The number of aromatic nitrogens is 1. The van der Waals surface area contributed by atoms with E-state index in [1.165, 1.54) is 7.11 Å². The maximum atomic E-state index is 13.0. The van der Waals surface area contributed by atoms with Crippen LogP contribution in [0.3, 0.4) is 0 Å². The molecule has 0 N–H and O–H groups in total. The molecule has 0 aliphatic rings. The smallest absolute Gasteiger partial charge is 0.343 e. The van der Waals surface area contributed by atoms with Gasteiger partial charge in [-0.15, -0.1) is 0 Å². The molecule has 3 aromatic rings. The van der Waals surface area contributed by atoms with Crippen LogP contribution in [0.1, 0.15) is 42.3 Å². The van der Waals surface area contributed by atoms with E-state index in [1.54, 1.807) is 36.7 Å². The molecule has 1 heterocycles. The minimum absolute atomic E-state index is 0.277. The maximum Gasteiger partial charge on any atom is 0.343 e. The molecule has 0 saturated heterocycles. The summed E-state index contributed by atoms with van der Waals surface area (Å²) in [5, 5.41) is 0. The van der Waals surface area contributed by atoms with Crippen molar-refractivity contribution in [1.82, 2.24) is 4.98 Å². The molecule has 0 atom stereocenters. The van der Waals surface area contributed by atoms with Gasteiger partial charge < -0.3 is 23.7 Å². The molecular formula is C27H29NO6. The van der Waals surface area contributed by atoms with Crippen LogP contribution >= 0.6 is 0 Å². The van der Waals surface area contributed by atoms with E-state index in [0.717, 1.165) is 11.1 Å². The summed E-state index contributed by atoms with van der Waals surface area (Å²) >= 11 is 0. The average molecular weight is 464 g/mol. The number of ether oxygens (including phenoxy) is 5. The highest BCUT2D eigenvalue weighted by Crippen LogP contribution is 2.39. The van der Waals surface area contributed by atoms with Crippen molar-refractivity contribution in [2.45, 2.75) is 20.8 Å². The summed E-state index contributed by atoms with van der Waals surface area (Å²) in [6.45, 7) is 6.84. The summed E-state index contributed by atoms with van der Waals surface area (Å²) in [4.78, 5) is 17.0. The lowest BCUT2D eigenvalue weighted by Gasteiger charge is -2.17. The van der Waals surface area contributed by atoms with Crippen LogP contribution in [0.5, 0.6) is 28.7 Å². The van der Waals surface area contributed by atoms with E-state index < -0.39 is 5.97 Å². The zero-order valence-corrected chi connectivity index (χ0v) is 19.9. The minimum Gasteiger partial charge on any atom is -0.493 e. The SMILES string of the molecule is CCOc1cc(C(=O)Oc2ccc(/C=C/c3ccncc3)cc2OC)cc(OCC)c1OCC. The summed E-state index contributed by atoms with van der Waals surface area (Å²) in [5.41, 5.74) is 2.20. The molecule has 7 nitrogen and oxygen atoms in total. The highest BCUT2D eigenvalue weighted by Gasteiger charge is 2.20. The van der Waals surface area contributed by atoms with Gasteiger partial charge in [0.15, 0.2) is 23.0 Å². The summed E-state index contributed by atoms with van der Waals surface area (Å²) in [7, 11) is 1.53. The van der Waals surface area contributed by atoms with Gasteiger partial charge in [-0.3, -0.25) is 4.98 Å². The molecule has 0 fully saturated rings. The maximum absolute atomic E-state index is 13.0. The van der Waals surface area contributed by atoms with Crippen molar-refractivity contribution < 1.29 is 28.5 Å². The van der Waals surface area contributed by atoms with Crippen molar-refractivity contribution in [2.75, 3.05) is 26.9 Å². The predicted molar refractivity (Wildman–Crippen MR) is 131 cm³/mol. The Morgan fingerprint density at radius 3 is 1.97 bits per heavy atom. The largest absolute Gasteiger partial charge is 0.493 e. The zero-order chi connectivity index (χ0) is 24.3. The lowest BCUT2D eigenvalue weighted by Crippen LogP contribution is -2.11. The second-order valence-electron chi connectivity index (χ2n) is 7.01. The molecule has 0 spiro atoms. The van der Waals surface area contributed by atoms with Gasteiger partial charge in [-0.1, -0.05) is 18.2 Å². The van der Waals surface area contributed by atoms with Gasteiger partial charge in [-0.05, 0) is 68.3 Å². The Balaban J connectivity index is 1.86. The third kappa shape index (κ3) is 6.28. The number of hydrogen-bond acceptors (Lipinski definition) is 7. The summed E-state index contributed by atoms with van der Waals surface area (Å²) in [5.74, 6) is 1.48. The van der Waals surface area contributed by atoms with Crippen molar-refractivity contribution >= 4 is 18.1 Å². The molecule has 2 aromatic carbocycles. The number of methoxy groups -OCH3 is 1. The van der Waals surface area contributed by atoms with E-state index in [2.05, 4.69) is 4.98 Å². The first-order valence-corrected chi connectivity index (χ1v) is 11.1. The topological polar surface area (TPSA) is 76.1 Å². The molecule has 1 aromatic heterocycles. The minimum atomic E-state index is -0.566. The first-order valence-electron chi connectivity index (χ1n) is 11.1. The van der Waals surface area contributed by atoms with Gasteiger partial charge in [0.2, 0.25) is 5.75 Å². The number of rotatable bonds is 11. The van der Waals surface area contributed by atoms with E-state index in [0.29, 0.717) is 48.6 Å². The third-order valence-electron chi connectivity index (χ3n) is 4.71. The molecule has 7 heteroatoms. The van der Waals surface area contributed by atoms with E-state index in [9.17, 15) is 4.79 Å². The summed E-state index contributed by atoms with van der Waals surface area (Å²) in [6.07, 6.45) is 7.38. The molecule has 0 aliphatic heterocycles. The Labute approximate surface area is 199 Å². The van der Waals surface area contributed by atoms with Crippen molar-refractivity contribution in [3.05, 3.63) is 71.5 Å². The number of carbonyl (C=O) groups is 1. The van der Waals surface area contributed by atoms with Crippen LogP contribution in [-0.2, 0) is 0 Å². The Morgan fingerprint density at radius 2 is 1.38 bits per heavy atom. The highest BCUT2D eigenvalue weighted by atomic mass is 16.6. The molecule has 0 amide bonds. The quantitative estimate of drug-likeness (QED) is 0.268. The molecule has 34 heavy (non-hydrogen) atoms. The average Bonchev–Trinajstić information content (AvgIpc) is 2.86. The number of carbonyl (C=O) groups excluding carboxylic acids is 1. The van der Waals surface area contributed by atoms with Crippen LogP contribution in [0, 0.1) is 0 Å². The number of hydrogen-bond donors (Lipinski definition) is 0. The van der Waals surface area contributed by atoms with Crippen LogP contribution < -0.4 is 23.7 Å². The first kappa shape index (κ1) is 24.6. The number of esters is 1. The van der Waals surface area contributed by atoms with E-state index in [1.807, 2.05) is 51.1 Å². The molecular weight excluding hydrogens is 434 g/mol. The predicted octanol–water partition coefficient (Wildman–Crippen LogP) is 5.68. The van der Waals surface area contributed by atoms with E-state index in [-0.39, 0.29) is 5.56 Å². The molecule has 0 bridgehead atoms. The van der Waals surface area contributed by atoms with Gasteiger partial charge in [0.1, 0.15) is 0 Å². The number of pyridine rings is 1. The fourth-order valence-corrected chi connectivity index (χ4v) is 3.20. The van der Waals surface area contributed by atoms with Crippen LogP contribution in [0.4, 0.5) is 0 Å². The molecule has 0 unspecified atom stereocenters. The Bertz CT molecular complexity index is 1100. The molecule has 178 valence electrons. The standard InChI is InChI=1S/C27H29NO6/c1-5-31-24-17-21(18-25(32-6-2)26(24)33-7-3)27(29)34-22-11-10-20(16-23(22)30-4)9-8-19-12-14-28-15-13-19/h8-18H,5-7H2,1-4H3/b9-8+. The second kappa shape index (κ2) is 12.3. The molecule has 0 saturated carbocycles. The Hall–Kier alpha value is -4.00. The van der Waals surface area contributed by atoms with Crippen molar-refractivity contribution in [3.8, 4) is 28.7 Å².